The topological polar surface area (TPSA) is 49.4 Å². The van der Waals surface area contributed by atoms with Crippen molar-refractivity contribution in [3.63, 3.8) is 0 Å². The number of nitrogens with one attached hydrogen (secondary N) is 1. The highest BCUT2D eigenvalue weighted by Crippen LogP contribution is 2.22. The van der Waals surface area contributed by atoms with Crippen LogP contribution in [0.15, 0.2) is 57.9 Å². The Morgan fingerprint density at radius 3 is 2.39 bits per heavy atom. The number of carbonyl (C=O) groups is 2. The molecule has 2 amide bonds. The number of carbonyl (C=O) groups excluding carboxylic acids is 2. The van der Waals surface area contributed by atoms with Gasteiger partial charge in [-0.15, -0.1) is 11.8 Å². The fraction of sp³-hybridized carbons (Fsp3) is 0.333. The fourth-order valence-electron chi connectivity index (χ4n) is 2.52. The lowest BCUT2D eigenvalue weighted by atomic mass is 10.1. The van der Waals surface area contributed by atoms with Gasteiger partial charge < -0.3 is 10.2 Å². The molecule has 28 heavy (non-hydrogen) atoms. The van der Waals surface area contributed by atoms with Gasteiger partial charge in [0.05, 0.1) is 5.75 Å². The minimum absolute atomic E-state index is 0.0815. The van der Waals surface area contributed by atoms with Crippen molar-refractivity contribution in [2.24, 2.45) is 0 Å². The molecule has 0 aliphatic rings. The van der Waals surface area contributed by atoms with Crippen molar-refractivity contribution in [3.8, 4) is 0 Å². The number of hydrogen-bond donors (Lipinski definition) is 1. The number of amides is 2. The monoisotopic (exact) mass is 482 g/mol. The summed E-state index contributed by atoms with van der Waals surface area (Å²) in [6.07, 6.45) is 0.853. The molecule has 0 saturated heterocycles. The maximum Gasteiger partial charge on any atom is 0.242 e. The minimum Gasteiger partial charge on any atom is -0.354 e. The van der Waals surface area contributed by atoms with Crippen molar-refractivity contribution in [1.29, 1.82) is 0 Å². The van der Waals surface area contributed by atoms with Crippen LogP contribution >= 0.6 is 39.3 Å². The van der Waals surface area contributed by atoms with E-state index in [0.29, 0.717) is 18.1 Å². The third-order valence-electron chi connectivity index (χ3n) is 4.16. The predicted octanol–water partition coefficient (Wildman–Crippen LogP) is 5.14. The van der Waals surface area contributed by atoms with Crippen LogP contribution in [0.1, 0.15) is 25.8 Å². The average molecular weight is 484 g/mol. The van der Waals surface area contributed by atoms with Crippen LogP contribution < -0.4 is 5.32 Å². The normalized spacial score (nSPS) is 11.7. The van der Waals surface area contributed by atoms with E-state index in [9.17, 15) is 9.59 Å². The van der Waals surface area contributed by atoms with E-state index in [1.165, 1.54) is 11.8 Å². The van der Waals surface area contributed by atoms with Crippen molar-refractivity contribution >= 4 is 51.1 Å². The van der Waals surface area contributed by atoms with Gasteiger partial charge in [-0.3, -0.25) is 9.59 Å². The van der Waals surface area contributed by atoms with E-state index in [0.717, 1.165) is 21.4 Å². The number of rotatable bonds is 9. The molecule has 0 fully saturated rings. The molecule has 2 rings (SSSR count). The summed E-state index contributed by atoms with van der Waals surface area (Å²) in [4.78, 5) is 28.0. The Morgan fingerprint density at radius 1 is 1.14 bits per heavy atom. The molecule has 150 valence electrons. The summed E-state index contributed by atoms with van der Waals surface area (Å²) in [5.74, 6) is 0.0367. The molecule has 0 heterocycles. The average Bonchev–Trinajstić information content (AvgIpc) is 2.70. The smallest absolute Gasteiger partial charge is 0.242 e. The summed E-state index contributed by atoms with van der Waals surface area (Å²) in [5, 5.41) is 3.54. The van der Waals surface area contributed by atoms with Gasteiger partial charge in [0.25, 0.3) is 0 Å². The Kier molecular flexibility index (Phi) is 9.35. The van der Waals surface area contributed by atoms with E-state index in [1.807, 2.05) is 43.3 Å². The van der Waals surface area contributed by atoms with E-state index in [2.05, 4.69) is 21.2 Å². The molecule has 7 heteroatoms. The molecular formula is C21H24BrClN2O2S. The molecule has 0 aliphatic heterocycles. The van der Waals surface area contributed by atoms with E-state index in [-0.39, 0.29) is 17.6 Å². The molecule has 4 nitrogen and oxygen atoms in total. The summed E-state index contributed by atoms with van der Waals surface area (Å²) in [6, 6.07) is 14.6. The Bertz CT molecular complexity index is 784. The number of hydrogen-bond acceptors (Lipinski definition) is 3. The maximum absolute atomic E-state index is 13.0. The van der Waals surface area contributed by atoms with Crippen molar-refractivity contribution in [2.75, 3.05) is 12.3 Å². The standard InChI is InChI=1S/C21H24BrClN2O2S/c1-3-12-24-21(27)15(2)25(13-16-4-6-17(22)7-5-16)20(26)14-28-19-10-8-18(23)9-11-19/h4-11,15H,3,12-14H2,1-2H3,(H,24,27)/t15-/m1/s1. The van der Waals surface area contributed by atoms with Crippen LogP contribution in [0, 0.1) is 0 Å². The highest BCUT2D eigenvalue weighted by molar-refractivity contribution is 9.10. The Labute approximate surface area is 184 Å². The molecule has 1 N–H and O–H groups in total. The second kappa shape index (κ2) is 11.5. The van der Waals surface area contributed by atoms with Gasteiger partial charge in [-0.25, -0.2) is 0 Å². The summed E-state index contributed by atoms with van der Waals surface area (Å²) in [5.41, 5.74) is 0.975. The maximum atomic E-state index is 13.0. The van der Waals surface area contributed by atoms with E-state index in [4.69, 9.17) is 11.6 Å². The van der Waals surface area contributed by atoms with Crippen molar-refractivity contribution in [3.05, 3.63) is 63.6 Å². The van der Waals surface area contributed by atoms with Crippen LogP contribution in [0.3, 0.4) is 0 Å². The van der Waals surface area contributed by atoms with Gasteiger partial charge in [0.15, 0.2) is 0 Å². The number of thioether (sulfide) groups is 1. The molecule has 0 bridgehead atoms. The number of nitrogens with zero attached hydrogens (tertiary/aromatic N) is 1. The highest BCUT2D eigenvalue weighted by Gasteiger charge is 2.25. The minimum atomic E-state index is -0.548. The first kappa shape index (κ1) is 22.8. The Morgan fingerprint density at radius 2 is 1.79 bits per heavy atom. The second-order valence-electron chi connectivity index (χ2n) is 6.36. The summed E-state index contributed by atoms with van der Waals surface area (Å²) in [6.45, 7) is 4.75. The van der Waals surface area contributed by atoms with Gasteiger partial charge in [-0.05, 0) is 55.3 Å². The largest absolute Gasteiger partial charge is 0.354 e. The van der Waals surface area contributed by atoms with Gasteiger partial charge in [-0.1, -0.05) is 46.6 Å². The van der Waals surface area contributed by atoms with Crippen LogP contribution in [0.2, 0.25) is 5.02 Å². The first-order chi connectivity index (χ1) is 13.4. The highest BCUT2D eigenvalue weighted by atomic mass is 79.9. The Balaban J connectivity index is 2.10. The van der Waals surface area contributed by atoms with Crippen molar-refractivity contribution in [1.82, 2.24) is 10.2 Å². The van der Waals surface area contributed by atoms with Gasteiger partial charge in [-0.2, -0.15) is 0 Å². The van der Waals surface area contributed by atoms with Crippen LogP contribution in [0.5, 0.6) is 0 Å². The molecule has 2 aromatic carbocycles. The molecule has 1 atom stereocenters. The third kappa shape index (κ3) is 7.15. The lowest BCUT2D eigenvalue weighted by Crippen LogP contribution is -2.48. The first-order valence-corrected chi connectivity index (χ1v) is 11.3. The van der Waals surface area contributed by atoms with E-state index < -0.39 is 6.04 Å². The molecule has 2 aromatic rings. The quantitative estimate of drug-likeness (QED) is 0.503. The Hall–Kier alpha value is -1.50. The SMILES string of the molecule is CCCNC(=O)[C@@H](C)N(Cc1ccc(Br)cc1)C(=O)CSc1ccc(Cl)cc1. The van der Waals surface area contributed by atoms with Crippen LogP contribution in [-0.4, -0.2) is 35.1 Å². The fourth-order valence-corrected chi connectivity index (χ4v) is 3.70. The van der Waals surface area contributed by atoms with Crippen LogP contribution in [-0.2, 0) is 16.1 Å². The molecule has 0 unspecified atom stereocenters. The molecule has 0 saturated carbocycles. The van der Waals surface area contributed by atoms with Crippen molar-refractivity contribution < 1.29 is 9.59 Å². The molecule has 0 spiro atoms. The van der Waals surface area contributed by atoms with Gasteiger partial charge >= 0.3 is 0 Å². The molecule has 0 radical (unpaired) electrons. The number of benzene rings is 2. The van der Waals surface area contributed by atoms with Crippen LogP contribution in [0.4, 0.5) is 0 Å². The first-order valence-electron chi connectivity index (χ1n) is 9.10. The van der Waals surface area contributed by atoms with Gasteiger partial charge in [0, 0.05) is 27.5 Å². The lowest BCUT2D eigenvalue weighted by Gasteiger charge is -2.28. The summed E-state index contributed by atoms with van der Waals surface area (Å²) >= 11 is 10.8. The second-order valence-corrected chi connectivity index (χ2v) is 8.76. The lowest BCUT2D eigenvalue weighted by molar-refractivity contribution is -0.138. The summed E-state index contributed by atoms with van der Waals surface area (Å²) < 4.78 is 0.973. The van der Waals surface area contributed by atoms with E-state index >= 15 is 0 Å². The van der Waals surface area contributed by atoms with Gasteiger partial charge in [0.1, 0.15) is 6.04 Å². The third-order valence-corrected chi connectivity index (χ3v) is 5.94. The molecule has 0 aliphatic carbocycles. The zero-order valence-electron chi connectivity index (χ0n) is 16.0. The summed E-state index contributed by atoms with van der Waals surface area (Å²) in [7, 11) is 0. The number of halogens is 2. The van der Waals surface area contributed by atoms with Gasteiger partial charge in [0.2, 0.25) is 11.8 Å². The van der Waals surface area contributed by atoms with Crippen LogP contribution in [0.25, 0.3) is 0 Å². The molecule has 0 aromatic heterocycles. The predicted molar refractivity (Wildman–Crippen MR) is 120 cm³/mol. The van der Waals surface area contributed by atoms with Crippen molar-refractivity contribution in [2.45, 2.75) is 37.8 Å². The molecular weight excluding hydrogens is 460 g/mol. The van der Waals surface area contributed by atoms with E-state index in [1.54, 1.807) is 24.0 Å². The zero-order chi connectivity index (χ0) is 20.5. The zero-order valence-corrected chi connectivity index (χ0v) is 19.1.